The van der Waals surface area contributed by atoms with Gasteiger partial charge in [0, 0.05) is 20.8 Å². The summed E-state index contributed by atoms with van der Waals surface area (Å²) >= 11 is 0. The van der Waals surface area contributed by atoms with Crippen LogP contribution in [0.15, 0.2) is 24.3 Å². The van der Waals surface area contributed by atoms with Crippen LogP contribution in [0, 0.1) is 0 Å². The minimum Gasteiger partial charge on any atom is -0.484 e. The van der Waals surface area contributed by atoms with Crippen molar-refractivity contribution < 1.29 is 32.2 Å². The first kappa shape index (κ1) is 18.5. The minimum atomic E-state index is -4.40. The molecule has 1 saturated heterocycles. The number of methoxy groups -OCH3 is 2. The number of halogens is 3. The maximum absolute atomic E-state index is 12.5. The fourth-order valence-electron chi connectivity index (χ4n) is 2.67. The Morgan fingerprint density at radius 1 is 1.25 bits per heavy atom. The maximum atomic E-state index is 12.5. The average Bonchev–Trinajstić information content (AvgIpc) is 2.96. The summed E-state index contributed by atoms with van der Waals surface area (Å²) < 4.78 is 53.2. The van der Waals surface area contributed by atoms with Gasteiger partial charge in [-0.1, -0.05) is 0 Å². The van der Waals surface area contributed by atoms with Crippen molar-refractivity contribution in [3.8, 4) is 5.75 Å². The lowest BCUT2D eigenvalue weighted by atomic mass is 10.2. The normalized spacial score (nSPS) is 21.1. The van der Waals surface area contributed by atoms with E-state index in [2.05, 4.69) is 0 Å². The summed E-state index contributed by atoms with van der Waals surface area (Å²) in [5.41, 5.74) is -0.760. The number of benzene rings is 1. The smallest absolute Gasteiger partial charge is 0.416 e. The van der Waals surface area contributed by atoms with Crippen molar-refractivity contribution in [2.45, 2.75) is 24.7 Å². The van der Waals surface area contributed by atoms with Crippen LogP contribution in [0.3, 0.4) is 0 Å². The third-order valence-electron chi connectivity index (χ3n) is 3.93. The Balaban J connectivity index is 1.92. The number of rotatable bonds is 6. The SMILES string of the molecule is COC[C@@H]1C[C@@H](OC)CN1C(=O)COc1ccc(C(F)(F)F)cc1. The molecule has 1 amide bonds. The molecule has 1 aliphatic heterocycles. The van der Waals surface area contributed by atoms with Gasteiger partial charge in [0.2, 0.25) is 0 Å². The van der Waals surface area contributed by atoms with E-state index in [4.69, 9.17) is 14.2 Å². The van der Waals surface area contributed by atoms with E-state index in [9.17, 15) is 18.0 Å². The predicted molar refractivity (Wildman–Crippen MR) is 79.7 cm³/mol. The van der Waals surface area contributed by atoms with E-state index in [-0.39, 0.29) is 30.4 Å². The number of hydrogen-bond donors (Lipinski definition) is 0. The molecule has 0 saturated carbocycles. The minimum absolute atomic E-state index is 0.0554. The van der Waals surface area contributed by atoms with Crippen LogP contribution in [0.5, 0.6) is 5.75 Å². The van der Waals surface area contributed by atoms with Gasteiger partial charge in [0.05, 0.1) is 24.3 Å². The molecule has 1 fully saturated rings. The maximum Gasteiger partial charge on any atom is 0.416 e. The lowest BCUT2D eigenvalue weighted by Crippen LogP contribution is -2.41. The molecule has 1 heterocycles. The first-order chi connectivity index (χ1) is 11.3. The van der Waals surface area contributed by atoms with E-state index in [0.717, 1.165) is 12.1 Å². The number of carbonyl (C=O) groups is 1. The molecule has 0 spiro atoms. The molecular formula is C16H20F3NO4. The Bertz CT molecular complexity index is 547. The van der Waals surface area contributed by atoms with Crippen molar-refractivity contribution in [1.82, 2.24) is 4.90 Å². The molecule has 0 aliphatic carbocycles. The highest BCUT2D eigenvalue weighted by atomic mass is 19.4. The van der Waals surface area contributed by atoms with Crippen molar-refractivity contribution >= 4 is 5.91 Å². The molecule has 1 aliphatic rings. The standard InChI is InChI=1S/C16H20F3NO4/c1-22-9-12-7-14(23-2)8-20(12)15(21)10-24-13-5-3-11(4-6-13)16(17,18)19/h3-6,12,14H,7-10H2,1-2H3/t12-,14+/m0/s1. The molecule has 2 atom stereocenters. The highest BCUT2D eigenvalue weighted by Crippen LogP contribution is 2.30. The van der Waals surface area contributed by atoms with Crippen molar-refractivity contribution in [2.24, 2.45) is 0 Å². The monoisotopic (exact) mass is 347 g/mol. The predicted octanol–water partition coefficient (Wildman–Crippen LogP) is 2.35. The van der Waals surface area contributed by atoms with Gasteiger partial charge in [0.25, 0.3) is 5.91 Å². The largest absolute Gasteiger partial charge is 0.484 e. The van der Waals surface area contributed by atoms with Gasteiger partial charge >= 0.3 is 6.18 Å². The molecule has 0 radical (unpaired) electrons. The van der Waals surface area contributed by atoms with Crippen LogP contribution in [0.25, 0.3) is 0 Å². The Morgan fingerprint density at radius 3 is 2.46 bits per heavy atom. The van der Waals surface area contributed by atoms with Gasteiger partial charge in [-0.05, 0) is 30.7 Å². The molecule has 1 aromatic carbocycles. The average molecular weight is 347 g/mol. The Labute approximate surface area is 138 Å². The molecule has 2 rings (SSSR count). The van der Waals surface area contributed by atoms with E-state index in [1.807, 2.05) is 0 Å². The number of carbonyl (C=O) groups excluding carboxylic acids is 1. The second-order valence-corrected chi connectivity index (χ2v) is 5.56. The van der Waals surface area contributed by atoms with Crippen LogP contribution in [-0.4, -0.2) is 56.9 Å². The Hall–Kier alpha value is -1.80. The lowest BCUT2D eigenvalue weighted by molar-refractivity contribution is -0.138. The van der Waals surface area contributed by atoms with Gasteiger partial charge in [-0.2, -0.15) is 13.2 Å². The Morgan fingerprint density at radius 2 is 1.92 bits per heavy atom. The lowest BCUT2D eigenvalue weighted by Gasteiger charge is -2.23. The molecule has 1 aromatic rings. The van der Waals surface area contributed by atoms with Gasteiger partial charge in [-0.3, -0.25) is 4.79 Å². The molecule has 0 bridgehead atoms. The number of amides is 1. The van der Waals surface area contributed by atoms with Crippen LogP contribution < -0.4 is 4.74 Å². The van der Waals surface area contributed by atoms with Crippen LogP contribution in [-0.2, 0) is 20.4 Å². The van der Waals surface area contributed by atoms with Crippen LogP contribution in [0.2, 0.25) is 0 Å². The fourth-order valence-corrected chi connectivity index (χ4v) is 2.67. The van der Waals surface area contributed by atoms with E-state index >= 15 is 0 Å². The van der Waals surface area contributed by atoms with Crippen molar-refractivity contribution in [3.05, 3.63) is 29.8 Å². The summed E-state index contributed by atoms with van der Waals surface area (Å²) in [7, 11) is 3.14. The zero-order valence-corrected chi connectivity index (χ0v) is 13.5. The molecule has 5 nitrogen and oxygen atoms in total. The van der Waals surface area contributed by atoms with E-state index in [0.29, 0.717) is 19.6 Å². The number of alkyl halides is 3. The van der Waals surface area contributed by atoms with E-state index in [1.165, 1.54) is 12.1 Å². The van der Waals surface area contributed by atoms with Gasteiger partial charge in [-0.25, -0.2) is 0 Å². The third kappa shape index (κ3) is 4.61. The second-order valence-electron chi connectivity index (χ2n) is 5.56. The summed E-state index contributed by atoms with van der Waals surface area (Å²) in [6.45, 7) is 0.591. The van der Waals surface area contributed by atoms with Crippen LogP contribution in [0.4, 0.5) is 13.2 Å². The molecule has 24 heavy (non-hydrogen) atoms. The molecule has 8 heteroatoms. The van der Waals surface area contributed by atoms with Gasteiger partial charge in [-0.15, -0.1) is 0 Å². The number of nitrogens with zero attached hydrogens (tertiary/aromatic N) is 1. The van der Waals surface area contributed by atoms with Crippen molar-refractivity contribution in [2.75, 3.05) is 34.0 Å². The molecule has 0 aromatic heterocycles. The second kappa shape index (κ2) is 7.85. The highest BCUT2D eigenvalue weighted by Gasteiger charge is 2.35. The van der Waals surface area contributed by atoms with Crippen LogP contribution in [0.1, 0.15) is 12.0 Å². The topological polar surface area (TPSA) is 48.0 Å². The third-order valence-corrected chi connectivity index (χ3v) is 3.93. The van der Waals surface area contributed by atoms with Gasteiger partial charge in [0.1, 0.15) is 5.75 Å². The molecule has 0 N–H and O–H groups in total. The number of likely N-dealkylation sites (tertiary alicyclic amines) is 1. The summed E-state index contributed by atoms with van der Waals surface area (Å²) in [6.07, 6.45) is -3.77. The number of ether oxygens (including phenoxy) is 3. The molecule has 134 valence electrons. The van der Waals surface area contributed by atoms with E-state index < -0.39 is 11.7 Å². The van der Waals surface area contributed by atoms with E-state index in [1.54, 1.807) is 19.1 Å². The first-order valence-electron chi connectivity index (χ1n) is 7.46. The fraction of sp³-hybridized carbons (Fsp3) is 0.562. The van der Waals surface area contributed by atoms with Crippen LogP contribution >= 0.6 is 0 Å². The zero-order chi connectivity index (χ0) is 17.7. The molecule has 0 unspecified atom stereocenters. The quantitative estimate of drug-likeness (QED) is 0.793. The summed E-state index contributed by atoms with van der Waals surface area (Å²) in [4.78, 5) is 13.9. The summed E-state index contributed by atoms with van der Waals surface area (Å²) in [5, 5.41) is 0. The first-order valence-corrected chi connectivity index (χ1v) is 7.46. The van der Waals surface area contributed by atoms with Crippen molar-refractivity contribution in [3.63, 3.8) is 0 Å². The number of hydrogen-bond acceptors (Lipinski definition) is 4. The van der Waals surface area contributed by atoms with Gasteiger partial charge in [0.15, 0.2) is 6.61 Å². The summed E-state index contributed by atoms with van der Waals surface area (Å²) in [5.74, 6) is -0.0429. The molecular weight excluding hydrogens is 327 g/mol. The van der Waals surface area contributed by atoms with Gasteiger partial charge < -0.3 is 19.1 Å². The Kier molecular flexibility index (Phi) is 6.06. The highest BCUT2D eigenvalue weighted by molar-refractivity contribution is 5.78. The van der Waals surface area contributed by atoms with Crippen molar-refractivity contribution in [1.29, 1.82) is 0 Å². The zero-order valence-electron chi connectivity index (χ0n) is 13.5. The summed E-state index contributed by atoms with van der Waals surface area (Å²) in [6, 6.07) is 4.15.